The summed E-state index contributed by atoms with van der Waals surface area (Å²) in [5.41, 5.74) is 5.43. The van der Waals surface area contributed by atoms with Crippen LogP contribution in [-0.4, -0.2) is 89.9 Å². The summed E-state index contributed by atoms with van der Waals surface area (Å²) in [5.74, 6) is -2.03. The third-order valence-electron chi connectivity index (χ3n) is 8.61. The van der Waals surface area contributed by atoms with Gasteiger partial charge in [0.1, 0.15) is 17.7 Å². The maximum atomic E-state index is 14.4. The molecule has 3 N–H and O–H groups in total. The minimum absolute atomic E-state index is 0.00611. The molecule has 6 rings (SSSR count). The molecule has 0 amide bonds. The Bertz CT molecular complexity index is 1340. The minimum Gasteiger partial charge on any atom is -0.462 e. The largest absolute Gasteiger partial charge is 0.462 e. The number of nitrogens with two attached hydrogens (primary N) is 1. The fourth-order valence-electron chi connectivity index (χ4n) is 6.60. The van der Waals surface area contributed by atoms with Gasteiger partial charge in [0, 0.05) is 49.4 Å². The summed E-state index contributed by atoms with van der Waals surface area (Å²) in [6.45, 7) is 4.03. The Morgan fingerprint density at radius 3 is 2.46 bits per heavy atom. The van der Waals surface area contributed by atoms with E-state index in [0.717, 1.165) is 24.8 Å². The standard InChI is InChI=1S/C26H34F2N8O2S/c1-23(37)6-4-8-35(11-23)20-31-21(33-22(32-20)38-15-25(14-34(2)3)10-26(25,27)28)36-12-24(13-36)7-5-17-18(24)16(9-29)19(30)39-17/h37H,4-8,10-15,30H2,1-3H3/t23-,25?/m1/s1. The lowest BCUT2D eigenvalue weighted by molar-refractivity contribution is 0.0285. The van der Waals surface area contributed by atoms with Crippen molar-refractivity contribution in [2.45, 2.75) is 56.0 Å². The molecule has 10 nitrogen and oxygen atoms in total. The van der Waals surface area contributed by atoms with Crippen molar-refractivity contribution in [2.75, 3.05) is 69.0 Å². The van der Waals surface area contributed by atoms with Crippen LogP contribution < -0.4 is 20.3 Å². The molecule has 1 unspecified atom stereocenters. The Hall–Kier alpha value is -2.82. The highest BCUT2D eigenvalue weighted by Gasteiger charge is 2.71. The highest BCUT2D eigenvalue weighted by Crippen LogP contribution is 2.60. The molecule has 2 saturated heterocycles. The van der Waals surface area contributed by atoms with E-state index in [0.29, 0.717) is 55.1 Å². The van der Waals surface area contributed by atoms with Gasteiger partial charge in [-0.05, 0) is 52.3 Å². The van der Waals surface area contributed by atoms with Crippen molar-refractivity contribution in [1.82, 2.24) is 19.9 Å². The number of aromatic nitrogens is 3. The van der Waals surface area contributed by atoms with E-state index in [-0.39, 0.29) is 31.0 Å². The number of alkyl halides is 2. The Morgan fingerprint density at radius 2 is 1.85 bits per heavy atom. The van der Waals surface area contributed by atoms with Crippen LogP contribution in [0.3, 0.4) is 0 Å². The minimum atomic E-state index is -2.80. The second-order valence-electron chi connectivity index (χ2n) is 12.3. The first-order valence-electron chi connectivity index (χ1n) is 13.3. The number of hydrogen-bond acceptors (Lipinski definition) is 11. The third kappa shape index (κ3) is 4.46. The van der Waals surface area contributed by atoms with Gasteiger partial charge in [0.25, 0.3) is 5.92 Å². The van der Waals surface area contributed by atoms with Gasteiger partial charge in [-0.2, -0.15) is 20.2 Å². The van der Waals surface area contributed by atoms with Crippen LogP contribution in [0, 0.1) is 16.7 Å². The number of nitrogens with zero attached hydrogens (tertiary/aromatic N) is 7. The number of ether oxygens (including phenoxy) is 1. The number of aliphatic hydroxyl groups is 1. The first-order valence-corrected chi connectivity index (χ1v) is 14.1. The normalized spacial score (nSPS) is 28.4. The lowest BCUT2D eigenvalue weighted by Crippen LogP contribution is -2.59. The number of rotatable bonds is 7. The van der Waals surface area contributed by atoms with Crippen LogP contribution >= 0.6 is 11.3 Å². The summed E-state index contributed by atoms with van der Waals surface area (Å²) in [7, 11) is 3.54. The van der Waals surface area contributed by atoms with E-state index in [1.54, 1.807) is 25.9 Å². The van der Waals surface area contributed by atoms with E-state index >= 15 is 0 Å². The average Bonchev–Trinajstić information content (AvgIpc) is 3.08. The van der Waals surface area contributed by atoms with Gasteiger partial charge in [0.05, 0.1) is 16.6 Å². The second kappa shape index (κ2) is 8.84. The first kappa shape index (κ1) is 26.4. The van der Waals surface area contributed by atoms with Crippen LogP contribution in [0.4, 0.5) is 25.7 Å². The summed E-state index contributed by atoms with van der Waals surface area (Å²) < 4.78 is 34.6. The Labute approximate surface area is 230 Å². The van der Waals surface area contributed by atoms with Crippen molar-refractivity contribution in [3.05, 3.63) is 16.0 Å². The molecule has 2 aromatic heterocycles. The van der Waals surface area contributed by atoms with Gasteiger partial charge in [-0.1, -0.05) is 0 Å². The lowest BCUT2D eigenvalue weighted by atomic mass is 9.74. The lowest BCUT2D eigenvalue weighted by Gasteiger charge is -2.48. The zero-order chi connectivity index (χ0) is 27.8. The van der Waals surface area contributed by atoms with Crippen LogP contribution in [0.25, 0.3) is 0 Å². The van der Waals surface area contributed by atoms with E-state index in [4.69, 9.17) is 15.5 Å². The fourth-order valence-corrected chi connectivity index (χ4v) is 7.74. The molecule has 13 heteroatoms. The van der Waals surface area contributed by atoms with Gasteiger partial charge in [0.15, 0.2) is 0 Å². The monoisotopic (exact) mass is 560 g/mol. The molecule has 2 aliphatic heterocycles. The highest BCUT2D eigenvalue weighted by molar-refractivity contribution is 7.16. The maximum Gasteiger partial charge on any atom is 0.323 e. The molecular formula is C26H34F2N8O2S. The zero-order valence-electron chi connectivity index (χ0n) is 22.5. The third-order valence-corrected chi connectivity index (χ3v) is 9.69. The summed E-state index contributed by atoms with van der Waals surface area (Å²) in [4.78, 5) is 20.6. The maximum absolute atomic E-state index is 14.4. The topological polar surface area (TPSA) is 128 Å². The van der Waals surface area contributed by atoms with Gasteiger partial charge in [-0.25, -0.2) is 8.78 Å². The molecule has 210 valence electrons. The van der Waals surface area contributed by atoms with E-state index < -0.39 is 16.9 Å². The Morgan fingerprint density at radius 1 is 1.15 bits per heavy atom. The first-order chi connectivity index (χ1) is 18.4. The van der Waals surface area contributed by atoms with Gasteiger partial charge in [-0.15, -0.1) is 11.3 Å². The predicted molar refractivity (Wildman–Crippen MR) is 144 cm³/mol. The SMILES string of the molecule is CN(C)CC1(COc2nc(N3CC4(CCc5sc(N)c(C#N)c54)C3)nc(N3CCC[C@@](C)(O)C3)n2)CC1(F)F. The van der Waals surface area contributed by atoms with Gasteiger partial charge >= 0.3 is 6.01 Å². The number of thiophene rings is 1. The van der Waals surface area contributed by atoms with Crippen molar-refractivity contribution >= 4 is 28.2 Å². The molecule has 39 heavy (non-hydrogen) atoms. The number of aryl methyl sites for hydroxylation is 1. The van der Waals surface area contributed by atoms with Crippen LogP contribution in [-0.2, 0) is 11.8 Å². The number of nitriles is 1. The number of nitrogen functional groups attached to an aromatic ring is 1. The van der Waals surface area contributed by atoms with E-state index in [1.165, 1.54) is 16.2 Å². The number of fused-ring (bicyclic) bond motifs is 2. The van der Waals surface area contributed by atoms with E-state index in [9.17, 15) is 19.1 Å². The molecule has 0 bridgehead atoms. The molecule has 3 fully saturated rings. The predicted octanol–water partition coefficient (Wildman–Crippen LogP) is 2.41. The van der Waals surface area contributed by atoms with Crippen molar-refractivity contribution in [3.63, 3.8) is 0 Å². The molecule has 1 saturated carbocycles. The summed E-state index contributed by atoms with van der Waals surface area (Å²) in [6.07, 6.45) is 3.03. The van der Waals surface area contributed by atoms with Gasteiger partial charge in [0.2, 0.25) is 11.9 Å². The molecule has 4 heterocycles. The van der Waals surface area contributed by atoms with E-state index in [1.807, 2.05) is 9.80 Å². The molecule has 2 aromatic rings. The molecule has 4 aliphatic rings. The number of β-amino-alcohol motifs (C(OH)–C–C–N with tert-alkyl or cyclic N) is 1. The summed E-state index contributed by atoms with van der Waals surface area (Å²) in [6, 6.07) is 2.30. The summed E-state index contributed by atoms with van der Waals surface area (Å²) >= 11 is 1.50. The number of piperidine rings is 1. The quantitative estimate of drug-likeness (QED) is 0.521. The molecule has 0 radical (unpaired) electrons. The van der Waals surface area contributed by atoms with Gasteiger partial charge < -0.3 is 30.3 Å². The summed E-state index contributed by atoms with van der Waals surface area (Å²) in [5, 5.41) is 21.0. The van der Waals surface area contributed by atoms with Crippen molar-refractivity contribution in [2.24, 2.45) is 5.41 Å². The van der Waals surface area contributed by atoms with Crippen molar-refractivity contribution in [3.8, 4) is 12.1 Å². The Balaban J connectivity index is 1.27. The van der Waals surface area contributed by atoms with Crippen molar-refractivity contribution < 1.29 is 18.6 Å². The van der Waals surface area contributed by atoms with Crippen molar-refractivity contribution in [1.29, 1.82) is 5.26 Å². The van der Waals surface area contributed by atoms with Crippen LogP contribution in [0.2, 0.25) is 0 Å². The van der Waals surface area contributed by atoms with E-state index in [2.05, 4.69) is 16.0 Å². The molecule has 2 aliphatic carbocycles. The fraction of sp³-hybridized carbons (Fsp3) is 0.692. The number of anilines is 3. The number of halogens is 2. The molecule has 1 spiro atoms. The molecular weight excluding hydrogens is 526 g/mol. The molecule has 0 aromatic carbocycles. The van der Waals surface area contributed by atoms with Crippen LogP contribution in [0.5, 0.6) is 6.01 Å². The highest BCUT2D eigenvalue weighted by atomic mass is 32.1. The smallest absolute Gasteiger partial charge is 0.323 e. The molecule has 2 atom stereocenters. The van der Waals surface area contributed by atoms with Crippen LogP contribution in [0.15, 0.2) is 0 Å². The average molecular weight is 561 g/mol. The number of hydrogen-bond donors (Lipinski definition) is 2. The zero-order valence-corrected chi connectivity index (χ0v) is 23.3. The van der Waals surface area contributed by atoms with Crippen LogP contribution in [0.1, 0.15) is 48.6 Å². The second-order valence-corrected chi connectivity index (χ2v) is 13.5. The Kier molecular flexibility index (Phi) is 5.99. The van der Waals surface area contributed by atoms with Gasteiger partial charge in [-0.3, -0.25) is 0 Å².